The van der Waals surface area contributed by atoms with Gasteiger partial charge >= 0.3 is 0 Å². The largest absolute Gasteiger partial charge is 0.371 e. The summed E-state index contributed by atoms with van der Waals surface area (Å²) in [5.74, 6) is -0.228. The summed E-state index contributed by atoms with van der Waals surface area (Å²) in [6.45, 7) is 3.00. The van der Waals surface area contributed by atoms with Gasteiger partial charge in [0.15, 0.2) is 0 Å². The molecule has 3 aromatic rings. The van der Waals surface area contributed by atoms with E-state index in [0.29, 0.717) is 13.2 Å². The Kier molecular flexibility index (Phi) is 4.59. The highest BCUT2D eigenvalue weighted by molar-refractivity contribution is 5.65. The van der Waals surface area contributed by atoms with E-state index in [1.807, 2.05) is 29.0 Å². The number of rotatable bonds is 4. The number of hydrogen-bond donors (Lipinski definition) is 1. The lowest BCUT2D eigenvalue weighted by Gasteiger charge is -2.24. The molecule has 1 saturated heterocycles. The maximum absolute atomic E-state index is 14.1. The van der Waals surface area contributed by atoms with E-state index in [0.717, 1.165) is 35.3 Å². The number of morpholine rings is 1. The molecule has 1 aromatic heterocycles. The summed E-state index contributed by atoms with van der Waals surface area (Å²) in [5, 5.41) is 3.34. The van der Waals surface area contributed by atoms with Gasteiger partial charge < -0.3 is 14.6 Å². The molecule has 0 amide bonds. The van der Waals surface area contributed by atoms with Crippen molar-refractivity contribution in [3.8, 4) is 11.1 Å². The van der Waals surface area contributed by atoms with Crippen molar-refractivity contribution in [1.29, 1.82) is 0 Å². The van der Waals surface area contributed by atoms with E-state index >= 15 is 0 Å². The van der Waals surface area contributed by atoms with Crippen LogP contribution in [0.3, 0.4) is 0 Å². The maximum Gasteiger partial charge on any atom is 0.124 e. The van der Waals surface area contributed by atoms with Crippen LogP contribution >= 0.6 is 0 Å². The van der Waals surface area contributed by atoms with Crippen LogP contribution in [0, 0.1) is 5.82 Å². The van der Waals surface area contributed by atoms with Gasteiger partial charge in [-0.05, 0) is 46.5 Å². The Balaban J connectivity index is 1.63. The van der Waals surface area contributed by atoms with Crippen LogP contribution in [0.1, 0.15) is 17.2 Å². The first-order valence-electron chi connectivity index (χ1n) is 8.46. The van der Waals surface area contributed by atoms with E-state index in [2.05, 4.69) is 22.4 Å². The first-order valence-corrected chi connectivity index (χ1v) is 8.46. The van der Waals surface area contributed by atoms with E-state index in [-0.39, 0.29) is 11.9 Å². The van der Waals surface area contributed by atoms with E-state index < -0.39 is 0 Å². The summed E-state index contributed by atoms with van der Waals surface area (Å²) in [7, 11) is 0. The second-order valence-corrected chi connectivity index (χ2v) is 6.27. The monoisotopic (exact) mass is 337 g/mol. The molecule has 5 heteroatoms. The Morgan fingerprint density at radius 2 is 2.16 bits per heavy atom. The van der Waals surface area contributed by atoms with Gasteiger partial charge in [-0.25, -0.2) is 9.37 Å². The number of benzene rings is 2. The zero-order valence-electron chi connectivity index (χ0n) is 13.9. The van der Waals surface area contributed by atoms with Crippen LogP contribution in [0.15, 0.2) is 61.2 Å². The lowest BCUT2D eigenvalue weighted by Crippen LogP contribution is -2.33. The minimum Gasteiger partial charge on any atom is -0.371 e. The first kappa shape index (κ1) is 16.0. The van der Waals surface area contributed by atoms with Gasteiger partial charge in [-0.15, -0.1) is 0 Å². The number of hydrogen-bond acceptors (Lipinski definition) is 3. The van der Waals surface area contributed by atoms with E-state index in [9.17, 15) is 4.39 Å². The Labute approximate surface area is 146 Å². The molecule has 4 nitrogen and oxygen atoms in total. The predicted molar refractivity (Wildman–Crippen MR) is 94.7 cm³/mol. The molecule has 1 aliphatic heterocycles. The van der Waals surface area contributed by atoms with E-state index in [4.69, 9.17) is 4.74 Å². The Morgan fingerprint density at radius 1 is 1.20 bits per heavy atom. The molecule has 1 unspecified atom stereocenters. The minimum absolute atomic E-state index is 0.0488. The quantitative estimate of drug-likeness (QED) is 0.793. The second kappa shape index (κ2) is 7.17. The van der Waals surface area contributed by atoms with Gasteiger partial charge in [0.1, 0.15) is 5.82 Å². The summed E-state index contributed by atoms with van der Waals surface area (Å²) >= 11 is 0. The summed E-state index contributed by atoms with van der Waals surface area (Å²) in [5.41, 5.74) is 3.90. The summed E-state index contributed by atoms with van der Waals surface area (Å²) in [6, 6.07) is 13.3. The Morgan fingerprint density at radius 3 is 2.96 bits per heavy atom. The Hall–Kier alpha value is -2.50. The fraction of sp³-hybridized carbons (Fsp3) is 0.250. The van der Waals surface area contributed by atoms with Crippen molar-refractivity contribution in [3.63, 3.8) is 0 Å². The topological polar surface area (TPSA) is 39.1 Å². The summed E-state index contributed by atoms with van der Waals surface area (Å²) < 4.78 is 21.9. The zero-order valence-corrected chi connectivity index (χ0v) is 13.9. The van der Waals surface area contributed by atoms with Crippen molar-refractivity contribution < 1.29 is 9.13 Å². The molecular weight excluding hydrogens is 317 g/mol. The highest BCUT2D eigenvalue weighted by Gasteiger charge is 2.16. The molecule has 2 heterocycles. The van der Waals surface area contributed by atoms with Gasteiger partial charge in [0.25, 0.3) is 0 Å². The molecular formula is C20H20FN3O. The smallest absolute Gasteiger partial charge is 0.124 e. The Bertz CT molecular complexity index is 842. The molecule has 0 radical (unpaired) electrons. The number of nitrogens with zero attached hydrogens (tertiary/aromatic N) is 2. The molecule has 0 bridgehead atoms. The molecule has 2 aromatic carbocycles. The van der Waals surface area contributed by atoms with Gasteiger partial charge in [-0.1, -0.05) is 18.2 Å². The van der Waals surface area contributed by atoms with Crippen molar-refractivity contribution in [3.05, 3.63) is 78.1 Å². The van der Waals surface area contributed by atoms with Crippen LogP contribution in [-0.2, 0) is 11.3 Å². The highest BCUT2D eigenvalue weighted by Crippen LogP contribution is 2.27. The second-order valence-electron chi connectivity index (χ2n) is 6.27. The molecule has 1 atom stereocenters. The van der Waals surface area contributed by atoms with Crippen LogP contribution in [0.25, 0.3) is 11.1 Å². The third-order valence-corrected chi connectivity index (χ3v) is 4.40. The number of ether oxygens (including phenoxy) is 1. The van der Waals surface area contributed by atoms with Gasteiger partial charge in [-0.2, -0.15) is 0 Å². The number of aromatic nitrogens is 2. The minimum atomic E-state index is -0.228. The molecule has 1 fully saturated rings. The lowest BCUT2D eigenvalue weighted by molar-refractivity contribution is 0.0277. The molecule has 0 spiro atoms. The first-order chi connectivity index (χ1) is 12.3. The fourth-order valence-electron chi connectivity index (χ4n) is 3.20. The van der Waals surface area contributed by atoms with Crippen LogP contribution in [0.4, 0.5) is 4.39 Å². The van der Waals surface area contributed by atoms with Crippen LogP contribution < -0.4 is 5.32 Å². The van der Waals surface area contributed by atoms with Crippen LogP contribution in [0.2, 0.25) is 0 Å². The normalized spacial score (nSPS) is 17.6. The van der Waals surface area contributed by atoms with Crippen molar-refractivity contribution >= 4 is 0 Å². The van der Waals surface area contributed by atoms with E-state index in [1.165, 1.54) is 0 Å². The number of nitrogens with one attached hydrogen (secondary N) is 1. The van der Waals surface area contributed by atoms with E-state index in [1.54, 1.807) is 24.7 Å². The third kappa shape index (κ3) is 3.78. The van der Waals surface area contributed by atoms with Crippen LogP contribution in [-0.4, -0.2) is 29.2 Å². The standard InChI is InChI=1S/C20H20FN3O/c21-19-9-15(13-24-6-4-23-14-24)8-18(11-19)16-2-1-3-17(10-16)20-12-22-5-7-25-20/h1-4,6,8-11,14,20,22H,5,7,12-13H2. The van der Waals surface area contributed by atoms with Crippen molar-refractivity contribution in [2.24, 2.45) is 0 Å². The van der Waals surface area contributed by atoms with Gasteiger partial charge in [-0.3, -0.25) is 0 Å². The summed E-state index contributed by atoms with van der Waals surface area (Å²) in [6.07, 6.45) is 5.38. The molecule has 25 heavy (non-hydrogen) atoms. The SMILES string of the molecule is Fc1cc(Cn2ccnc2)cc(-c2cccc(C3CNCCO3)c2)c1. The van der Waals surface area contributed by atoms with Gasteiger partial charge in [0.2, 0.25) is 0 Å². The van der Waals surface area contributed by atoms with Crippen molar-refractivity contribution in [2.45, 2.75) is 12.6 Å². The molecule has 1 N–H and O–H groups in total. The molecule has 128 valence electrons. The zero-order chi connectivity index (χ0) is 17.1. The molecule has 0 saturated carbocycles. The molecule has 4 rings (SSSR count). The van der Waals surface area contributed by atoms with Crippen molar-refractivity contribution in [2.75, 3.05) is 19.7 Å². The lowest BCUT2D eigenvalue weighted by atomic mass is 9.98. The average Bonchev–Trinajstić information content (AvgIpc) is 3.15. The molecule has 1 aliphatic rings. The third-order valence-electron chi connectivity index (χ3n) is 4.40. The molecule has 0 aliphatic carbocycles. The fourth-order valence-corrected chi connectivity index (χ4v) is 3.20. The average molecular weight is 337 g/mol. The predicted octanol–water partition coefficient (Wildman–Crippen LogP) is 3.40. The van der Waals surface area contributed by atoms with Gasteiger partial charge in [0.05, 0.1) is 19.0 Å². The van der Waals surface area contributed by atoms with Crippen LogP contribution in [0.5, 0.6) is 0 Å². The highest BCUT2D eigenvalue weighted by atomic mass is 19.1. The summed E-state index contributed by atoms with van der Waals surface area (Å²) in [4.78, 5) is 4.03. The number of imidazole rings is 1. The number of halogens is 1. The van der Waals surface area contributed by atoms with Gasteiger partial charge in [0, 0.05) is 32.0 Å². The maximum atomic E-state index is 14.1. The van der Waals surface area contributed by atoms with Crippen molar-refractivity contribution in [1.82, 2.24) is 14.9 Å².